The van der Waals surface area contributed by atoms with E-state index in [0.29, 0.717) is 0 Å². The minimum absolute atomic E-state index is 0.0712. The van der Waals surface area contributed by atoms with Crippen LogP contribution in [0.25, 0.3) is 33.4 Å². The Morgan fingerprint density at radius 3 is 1.62 bits per heavy atom. The fourth-order valence-electron chi connectivity index (χ4n) is 8.15. The second kappa shape index (κ2) is 10.3. The number of nitrogens with zero attached hydrogens (tertiary/aromatic N) is 1. The molecule has 0 amide bonds. The Morgan fingerprint density at radius 1 is 0.447 bits per heavy atom. The van der Waals surface area contributed by atoms with Crippen LogP contribution in [-0.4, -0.2) is 0 Å². The predicted molar refractivity (Wildman–Crippen MR) is 200 cm³/mol. The molecule has 47 heavy (non-hydrogen) atoms. The van der Waals surface area contributed by atoms with Gasteiger partial charge in [0.2, 0.25) is 0 Å². The zero-order chi connectivity index (χ0) is 32.7. The van der Waals surface area contributed by atoms with Crippen LogP contribution in [0.15, 0.2) is 133 Å². The largest absolute Gasteiger partial charge is 0.310 e. The molecular weight excluding hydrogens is 567 g/mol. The summed E-state index contributed by atoms with van der Waals surface area (Å²) in [5, 5.41) is 0. The monoisotopic (exact) mass is 609 g/mol. The summed E-state index contributed by atoms with van der Waals surface area (Å²) in [6.45, 7) is 16.3. The second-order valence-corrected chi connectivity index (χ2v) is 15.5. The zero-order valence-corrected chi connectivity index (χ0v) is 28.6. The summed E-state index contributed by atoms with van der Waals surface area (Å²) in [6.07, 6.45) is 0. The summed E-state index contributed by atoms with van der Waals surface area (Å²) < 4.78 is 0. The topological polar surface area (TPSA) is 3.24 Å². The summed E-state index contributed by atoms with van der Waals surface area (Å²) in [4.78, 5) is 2.49. The number of fused-ring (bicyclic) bond motifs is 6. The summed E-state index contributed by atoms with van der Waals surface area (Å²) in [6, 6.07) is 50.1. The fourth-order valence-corrected chi connectivity index (χ4v) is 8.15. The average Bonchev–Trinajstić information content (AvgIpc) is 3.45. The molecule has 1 heteroatoms. The summed E-state index contributed by atoms with van der Waals surface area (Å²) in [5.41, 5.74) is 18.3. The van der Waals surface area contributed by atoms with Crippen LogP contribution >= 0.6 is 0 Å². The Labute approximate surface area is 280 Å². The van der Waals surface area contributed by atoms with Crippen LogP contribution in [0.3, 0.4) is 0 Å². The molecule has 0 bridgehead atoms. The summed E-state index contributed by atoms with van der Waals surface area (Å²) >= 11 is 0. The van der Waals surface area contributed by atoms with Gasteiger partial charge in [0.1, 0.15) is 0 Å². The SMILES string of the molecule is CC(C)(C)c1ccc(-c2ccc(N(c3ccc4c(c3)C(C)(C)c3ccccc3-4)c3cccc4c3-c3ccccc3C4(C)C)cc2)cc1. The van der Waals surface area contributed by atoms with E-state index < -0.39 is 0 Å². The number of benzene rings is 6. The standard InChI is InChI=1S/C46H43N/c1-44(2,3)32-23-19-30(20-24-32)31-21-25-33(26-22-31)47(34-27-28-36-35-13-8-10-15-38(35)46(6,7)41(36)29-34)42-18-12-17-40-43(42)37-14-9-11-16-39(37)45(40,4)5/h8-29H,1-7H3. The number of anilines is 3. The van der Waals surface area contributed by atoms with Crippen molar-refractivity contribution in [3.05, 3.63) is 161 Å². The van der Waals surface area contributed by atoms with E-state index in [1.807, 2.05) is 0 Å². The van der Waals surface area contributed by atoms with Crippen molar-refractivity contribution in [1.29, 1.82) is 0 Å². The van der Waals surface area contributed by atoms with Gasteiger partial charge in [-0.2, -0.15) is 0 Å². The van der Waals surface area contributed by atoms with Gasteiger partial charge in [0.05, 0.1) is 5.69 Å². The second-order valence-electron chi connectivity index (χ2n) is 15.5. The molecule has 232 valence electrons. The first-order valence-electron chi connectivity index (χ1n) is 17.0. The lowest BCUT2D eigenvalue weighted by Gasteiger charge is -2.30. The molecule has 0 unspecified atom stereocenters. The van der Waals surface area contributed by atoms with Crippen molar-refractivity contribution in [2.24, 2.45) is 0 Å². The van der Waals surface area contributed by atoms with Crippen LogP contribution in [0.5, 0.6) is 0 Å². The molecule has 0 saturated carbocycles. The normalized spacial score (nSPS) is 15.0. The fraction of sp³-hybridized carbons (Fsp3) is 0.217. The molecule has 2 aliphatic carbocycles. The molecule has 1 nitrogen and oxygen atoms in total. The third-order valence-corrected chi connectivity index (χ3v) is 10.9. The lowest BCUT2D eigenvalue weighted by Crippen LogP contribution is -2.17. The van der Waals surface area contributed by atoms with Gasteiger partial charge in [0, 0.05) is 27.8 Å². The van der Waals surface area contributed by atoms with E-state index in [9.17, 15) is 0 Å². The third kappa shape index (κ3) is 4.51. The highest BCUT2D eigenvalue weighted by atomic mass is 15.1. The van der Waals surface area contributed by atoms with Crippen LogP contribution in [0.2, 0.25) is 0 Å². The maximum atomic E-state index is 2.49. The van der Waals surface area contributed by atoms with E-state index in [4.69, 9.17) is 0 Å². The first-order chi connectivity index (χ1) is 22.5. The van der Waals surface area contributed by atoms with Gasteiger partial charge in [-0.1, -0.05) is 152 Å². The Balaban J connectivity index is 1.30. The van der Waals surface area contributed by atoms with Crippen molar-refractivity contribution in [3.63, 3.8) is 0 Å². The Morgan fingerprint density at radius 2 is 0.957 bits per heavy atom. The zero-order valence-electron chi connectivity index (χ0n) is 28.6. The summed E-state index contributed by atoms with van der Waals surface area (Å²) in [7, 11) is 0. The Kier molecular flexibility index (Phi) is 6.48. The summed E-state index contributed by atoms with van der Waals surface area (Å²) in [5.74, 6) is 0. The first-order valence-corrected chi connectivity index (χ1v) is 17.0. The minimum Gasteiger partial charge on any atom is -0.310 e. The van der Waals surface area contributed by atoms with Crippen molar-refractivity contribution < 1.29 is 0 Å². The van der Waals surface area contributed by atoms with E-state index in [0.717, 1.165) is 5.69 Å². The van der Waals surface area contributed by atoms with Crippen LogP contribution in [-0.2, 0) is 16.2 Å². The quantitative estimate of drug-likeness (QED) is 0.192. The molecular formula is C46H43N. The third-order valence-electron chi connectivity index (χ3n) is 10.9. The lowest BCUT2D eigenvalue weighted by atomic mass is 9.82. The predicted octanol–water partition coefficient (Wildman–Crippen LogP) is 12.7. The van der Waals surface area contributed by atoms with Gasteiger partial charge in [0.15, 0.2) is 0 Å². The van der Waals surface area contributed by atoms with Crippen LogP contribution in [0.4, 0.5) is 17.1 Å². The van der Waals surface area contributed by atoms with E-state index in [2.05, 4.69) is 187 Å². The maximum Gasteiger partial charge on any atom is 0.0543 e. The Hall–Kier alpha value is -4.88. The van der Waals surface area contributed by atoms with Gasteiger partial charge >= 0.3 is 0 Å². The smallest absolute Gasteiger partial charge is 0.0543 e. The van der Waals surface area contributed by atoms with Crippen molar-refractivity contribution >= 4 is 17.1 Å². The van der Waals surface area contributed by atoms with E-state index in [1.165, 1.54) is 72.6 Å². The molecule has 0 N–H and O–H groups in total. The van der Waals surface area contributed by atoms with Crippen molar-refractivity contribution in [2.45, 2.75) is 64.7 Å². The average molecular weight is 610 g/mol. The van der Waals surface area contributed by atoms with Gasteiger partial charge in [0.25, 0.3) is 0 Å². The number of hydrogen-bond acceptors (Lipinski definition) is 1. The van der Waals surface area contributed by atoms with Gasteiger partial charge in [-0.05, 0) is 91.4 Å². The minimum atomic E-state index is -0.0795. The molecule has 8 rings (SSSR count). The van der Waals surface area contributed by atoms with Crippen molar-refractivity contribution in [3.8, 4) is 33.4 Å². The molecule has 6 aromatic carbocycles. The van der Waals surface area contributed by atoms with E-state index >= 15 is 0 Å². The molecule has 0 spiro atoms. The highest BCUT2D eigenvalue weighted by Crippen LogP contribution is 2.55. The molecule has 0 fully saturated rings. The lowest BCUT2D eigenvalue weighted by molar-refractivity contribution is 0.590. The molecule has 0 heterocycles. The molecule has 6 aromatic rings. The highest BCUT2D eigenvalue weighted by Gasteiger charge is 2.39. The van der Waals surface area contributed by atoms with E-state index in [-0.39, 0.29) is 16.2 Å². The van der Waals surface area contributed by atoms with Gasteiger partial charge in [-0.15, -0.1) is 0 Å². The van der Waals surface area contributed by atoms with Gasteiger partial charge in [-0.25, -0.2) is 0 Å². The molecule has 2 aliphatic rings. The number of hydrogen-bond donors (Lipinski definition) is 0. The molecule has 0 saturated heterocycles. The van der Waals surface area contributed by atoms with Gasteiger partial charge in [-0.3, -0.25) is 0 Å². The first kappa shape index (κ1) is 29.5. The van der Waals surface area contributed by atoms with Gasteiger partial charge < -0.3 is 4.90 Å². The maximum absolute atomic E-state index is 2.49. The van der Waals surface area contributed by atoms with Crippen molar-refractivity contribution in [2.75, 3.05) is 4.90 Å². The van der Waals surface area contributed by atoms with E-state index in [1.54, 1.807) is 0 Å². The molecule has 0 aliphatic heterocycles. The Bertz CT molecular complexity index is 2150. The molecule has 0 radical (unpaired) electrons. The van der Waals surface area contributed by atoms with Crippen molar-refractivity contribution in [1.82, 2.24) is 0 Å². The molecule has 0 atom stereocenters. The van der Waals surface area contributed by atoms with Crippen LogP contribution in [0.1, 0.15) is 76.3 Å². The van der Waals surface area contributed by atoms with Crippen LogP contribution in [0, 0.1) is 0 Å². The molecule has 0 aromatic heterocycles. The number of rotatable bonds is 4. The highest BCUT2D eigenvalue weighted by molar-refractivity contribution is 5.96. The van der Waals surface area contributed by atoms with Crippen LogP contribution < -0.4 is 4.90 Å².